The van der Waals surface area contributed by atoms with E-state index < -0.39 is 0 Å². The third kappa shape index (κ3) is 2.92. The fraction of sp³-hybridized carbons (Fsp3) is 0.909. The normalized spacial score (nSPS) is 31.3. The highest BCUT2D eigenvalue weighted by Gasteiger charge is 2.44. The predicted molar refractivity (Wildman–Crippen MR) is 55.5 cm³/mol. The third-order valence-corrected chi connectivity index (χ3v) is 3.11. The average Bonchev–Trinajstić information content (AvgIpc) is 2.99. The molecule has 1 heterocycles. The van der Waals surface area contributed by atoms with Gasteiger partial charge in [-0.1, -0.05) is 0 Å². The average molecular weight is 213 g/mol. The number of rotatable bonds is 4. The van der Waals surface area contributed by atoms with Gasteiger partial charge in [-0.2, -0.15) is 0 Å². The number of carbonyl (C=O) groups excluding carboxylic acids is 1. The molecule has 2 aliphatic rings. The van der Waals surface area contributed by atoms with Gasteiger partial charge >= 0.3 is 5.97 Å². The second kappa shape index (κ2) is 4.94. The molecule has 1 saturated carbocycles. The van der Waals surface area contributed by atoms with E-state index in [2.05, 4.69) is 4.90 Å². The van der Waals surface area contributed by atoms with Crippen molar-refractivity contribution in [1.82, 2.24) is 4.90 Å². The Morgan fingerprint density at radius 3 is 2.87 bits per heavy atom. The molecule has 2 fully saturated rings. The molecule has 0 N–H and O–H groups in total. The monoisotopic (exact) mass is 213 g/mol. The summed E-state index contributed by atoms with van der Waals surface area (Å²) in [6, 6.07) is 0. The minimum absolute atomic E-state index is 0.00393. The maximum atomic E-state index is 11.4. The standard InChI is InChI=1S/C11H19NO3/c1-2-15-11(13)10-7-9(10)8-12-3-5-14-6-4-12/h9-10H,2-8H2,1H3/t9-,10+/m1/s1. The van der Waals surface area contributed by atoms with E-state index in [1.165, 1.54) is 0 Å². The van der Waals surface area contributed by atoms with Crippen LogP contribution in [-0.2, 0) is 14.3 Å². The van der Waals surface area contributed by atoms with Gasteiger partial charge in [0.05, 0.1) is 25.7 Å². The summed E-state index contributed by atoms with van der Waals surface area (Å²) in [7, 11) is 0. The molecule has 1 aliphatic carbocycles. The Balaban J connectivity index is 1.67. The van der Waals surface area contributed by atoms with Gasteiger partial charge in [-0.25, -0.2) is 0 Å². The summed E-state index contributed by atoms with van der Waals surface area (Å²) in [5.41, 5.74) is 0. The van der Waals surface area contributed by atoms with Gasteiger partial charge in [-0.15, -0.1) is 0 Å². The molecule has 1 aliphatic heterocycles. The molecule has 0 unspecified atom stereocenters. The van der Waals surface area contributed by atoms with Crippen LogP contribution in [0.5, 0.6) is 0 Å². The fourth-order valence-corrected chi connectivity index (χ4v) is 2.10. The van der Waals surface area contributed by atoms with E-state index in [1.807, 2.05) is 6.92 Å². The highest BCUT2D eigenvalue weighted by molar-refractivity contribution is 5.75. The summed E-state index contributed by atoms with van der Waals surface area (Å²) in [6.07, 6.45) is 1.01. The summed E-state index contributed by atoms with van der Waals surface area (Å²) in [4.78, 5) is 13.8. The maximum Gasteiger partial charge on any atom is 0.309 e. The van der Waals surface area contributed by atoms with Gasteiger partial charge in [-0.3, -0.25) is 9.69 Å². The lowest BCUT2D eigenvalue weighted by molar-refractivity contribution is -0.145. The number of nitrogens with zero attached hydrogens (tertiary/aromatic N) is 1. The largest absolute Gasteiger partial charge is 0.466 e. The van der Waals surface area contributed by atoms with Gasteiger partial charge in [0.15, 0.2) is 0 Å². The van der Waals surface area contributed by atoms with Crippen LogP contribution in [0.4, 0.5) is 0 Å². The minimum Gasteiger partial charge on any atom is -0.466 e. The summed E-state index contributed by atoms with van der Waals surface area (Å²) in [6.45, 7) is 7.06. The molecule has 4 heteroatoms. The zero-order valence-electron chi connectivity index (χ0n) is 9.28. The van der Waals surface area contributed by atoms with Crippen LogP contribution in [0.15, 0.2) is 0 Å². The summed E-state index contributed by atoms with van der Waals surface area (Å²) in [5.74, 6) is 0.700. The Morgan fingerprint density at radius 1 is 1.47 bits per heavy atom. The van der Waals surface area contributed by atoms with E-state index in [4.69, 9.17) is 9.47 Å². The van der Waals surface area contributed by atoms with Crippen molar-refractivity contribution in [1.29, 1.82) is 0 Å². The van der Waals surface area contributed by atoms with Crippen molar-refractivity contribution in [3.8, 4) is 0 Å². The molecule has 0 amide bonds. The van der Waals surface area contributed by atoms with Crippen molar-refractivity contribution in [3.05, 3.63) is 0 Å². The molecule has 0 radical (unpaired) electrons. The smallest absolute Gasteiger partial charge is 0.309 e. The van der Waals surface area contributed by atoms with Crippen molar-refractivity contribution in [3.63, 3.8) is 0 Å². The highest BCUT2D eigenvalue weighted by Crippen LogP contribution is 2.40. The van der Waals surface area contributed by atoms with Gasteiger partial charge < -0.3 is 9.47 Å². The number of esters is 1. The van der Waals surface area contributed by atoms with Crippen molar-refractivity contribution in [2.24, 2.45) is 11.8 Å². The lowest BCUT2D eigenvalue weighted by Gasteiger charge is -2.26. The minimum atomic E-state index is -0.00393. The molecule has 1 saturated heterocycles. The van der Waals surface area contributed by atoms with E-state index in [0.717, 1.165) is 39.3 Å². The van der Waals surface area contributed by atoms with Gasteiger partial charge in [0.2, 0.25) is 0 Å². The molecule has 0 aromatic carbocycles. The first kappa shape index (κ1) is 10.9. The lowest BCUT2D eigenvalue weighted by atomic mass is 10.3. The Hall–Kier alpha value is -0.610. The molecule has 86 valence electrons. The van der Waals surface area contributed by atoms with Gasteiger partial charge in [-0.05, 0) is 19.3 Å². The van der Waals surface area contributed by atoms with Crippen molar-refractivity contribution in [2.75, 3.05) is 39.5 Å². The number of hydrogen-bond donors (Lipinski definition) is 0. The van der Waals surface area contributed by atoms with Crippen LogP contribution >= 0.6 is 0 Å². The number of morpholine rings is 1. The molecule has 2 atom stereocenters. The Morgan fingerprint density at radius 2 is 2.20 bits per heavy atom. The highest BCUT2D eigenvalue weighted by atomic mass is 16.5. The molecule has 0 aromatic rings. The maximum absolute atomic E-state index is 11.4. The van der Waals surface area contributed by atoms with Crippen LogP contribution in [0.2, 0.25) is 0 Å². The van der Waals surface area contributed by atoms with Gasteiger partial charge in [0.1, 0.15) is 0 Å². The van der Waals surface area contributed by atoms with Crippen molar-refractivity contribution < 1.29 is 14.3 Å². The second-order valence-electron chi connectivity index (χ2n) is 4.27. The Bertz CT molecular complexity index is 226. The van der Waals surface area contributed by atoms with Crippen LogP contribution < -0.4 is 0 Å². The van der Waals surface area contributed by atoms with Gasteiger partial charge in [0, 0.05) is 19.6 Å². The van der Waals surface area contributed by atoms with Crippen LogP contribution in [0.1, 0.15) is 13.3 Å². The van der Waals surface area contributed by atoms with E-state index in [-0.39, 0.29) is 11.9 Å². The van der Waals surface area contributed by atoms with Gasteiger partial charge in [0.25, 0.3) is 0 Å². The number of ether oxygens (including phenoxy) is 2. The second-order valence-corrected chi connectivity index (χ2v) is 4.27. The topological polar surface area (TPSA) is 38.8 Å². The lowest BCUT2D eigenvalue weighted by Crippen LogP contribution is -2.37. The molecule has 4 nitrogen and oxygen atoms in total. The summed E-state index contributed by atoms with van der Waals surface area (Å²) in [5, 5.41) is 0. The van der Waals surface area contributed by atoms with E-state index in [9.17, 15) is 4.79 Å². The van der Waals surface area contributed by atoms with Crippen LogP contribution in [0.25, 0.3) is 0 Å². The third-order valence-electron chi connectivity index (χ3n) is 3.11. The van der Waals surface area contributed by atoms with Crippen LogP contribution in [-0.4, -0.2) is 50.3 Å². The van der Waals surface area contributed by atoms with Crippen molar-refractivity contribution >= 4 is 5.97 Å². The first-order chi connectivity index (χ1) is 7.31. The summed E-state index contributed by atoms with van der Waals surface area (Å²) < 4.78 is 10.3. The number of carbonyl (C=O) groups is 1. The molecular formula is C11H19NO3. The summed E-state index contributed by atoms with van der Waals surface area (Å²) >= 11 is 0. The molecule has 0 spiro atoms. The molecule has 0 bridgehead atoms. The molecular weight excluding hydrogens is 194 g/mol. The SMILES string of the molecule is CCOC(=O)[C@H]1C[C@@H]1CN1CCOCC1. The van der Waals surface area contributed by atoms with E-state index in [1.54, 1.807) is 0 Å². The van der Waals surface area contributed by atoms with Crippen LogP contribution in [0.3, 0.4) is 0 Å². The first-order valence-corrected chi connectivity index (χ1v) is 5.78. The first-order valence-electron chi connectivity index (χ1n) is 5.78. The fourth-order valence-electron chi connectivity index (χ4n) is 2.10. The quantitative estimate of drug-likeness (QED) is 0.638. The predicted octanol–water partition coefficient (Wildman–Crippen LogP) is 0.518. The zero-order chi connectivity index (χ0) is 10.7. The molecule has 15 heavy (non-hydrogen) atoms. The van der Waals surface area contributed by atoms with E-state index >= 15 is 0 Å². The zero-order valence-corrected chi connectivity index (χ0v) is 9.28. The Labute approximate surface area is 90.5 Å². The van der Waals surface area contributed by atoms with Crippen molar-refractivity contribution in [2.45, 2.75) is 13.3 Å². The molecule has 2 rings (SSSR count). The van der Waals surface area contributed by atoms with Crippen LogP contribution in [0, 0.1) is 11.8 Å². The number of hydrogen-bond acceptors (Lipinski definition) is 4. The molecule has 0 aromatic heterocycles. The Kier molecular flexibility index (Phi) is 3.59. The van der Waals surface area contributed by atoms with E-state index in [0.29, 0.717) is 12.5 Å².